The first-order valence-electron chi connectivity index (χ1n) is 9.66. The molecule has 0 atom stereocenters. The molecule has 0 saturated carbocycles. The average Bonchev–Trinajstić information content (AvgIpc) is 3.56. The predicted molar refractivity (Wildman–Crippen MR) is 113 cm³/mol. The van der Waals surface area contributed by atoms with Crippen LogP contribution in [0.2, 0.25) is 0 Å². The summed E-state index contributed by atoms with van der Waals surface area (Å²) in [6, 6.07) is 23.2. The Hall–Kier alpha value is -4.44. The summed E-state index contributed by atoms with van der Waals surface area (Å²) in [6.07, 6.45) is 1.58. The lowest BCUT2D eigenvalue weighted by molar-refractivity contribution is 0.271. The lowest BCUT2D eigenvalue weighted by Gasteiger charge is -2.05. The topological polar surface area (TPSA) is 97.4 Å². The van der Waals surface area contributed by atoms with E-state index in [2.05, 4.69) is 16.4 Å². The summed E-state index contributed by atoms with van der Waals surface area (Å²) in [5.74, 6) is 2.98. The number of aromatic nitrogens is 1. The molecule has 152 valence electrons. The molecule has 0 saturated heterocycles. The molecular formula is C24H17N3O4. The van der Waals surface area contributed by atoms with Gasteiger partial charge >= 0.3 is 0 Å². The highest BCUT2D eigenvalue weighted by Crippen LogP contribution is 2.28. The van der Waals surface area contributed by atoms with Crippen LogP contribution in [0.3, 0.4) is 0 Å². The van der Waals surface area contributed by atoms with Crippen molar-refractivity contribution in [2.45, 2.75) is 13.2 Å². The number of nitrogens with zero attached hydrogens (tertiary/aromatic N) is 2. The Morgan fingerprint density at radius 2 is 1.84 bits per heavy atom. The molecule has 0 aliphatic heterocycles. The van der Waals surface area contributed by atoms with Gasteiger partial charge in [-0.15, -0.1) is 0 Å². The second-order valence-corrected chi connectivity index (χ2v) is 6.81. The highest BCUT2D eigenvalue weighted by molar-refractivity contribution is 5.83. The van der Waals surface area contributed by atoms with E-state index in [1.54, 1.807) is 24.5 Å². The van der Waals surface area contributed by atoms with Crippen LogP contribution in [-0.4, -0.2) is 4.98 Å². The van der Waals surface area contributed by atoms with Crippen molar-refractivity contribution in [3.05, 3.63) is 90.2 Å². The second-order valence-electron chi connectivity index (χ2n) is 6.81. The molecule has 0 aliphatic rings. The number of anilines is 1. The molecule has 3 aromatic heterocycles. The van der Waals surface area contributed by atoms with E-state index in [0.29, 0.717) is 23.8 Å². The summed E-state index contributed by atoms with van der Waals surface area (Å²) in [5, 5.41) is 14.6. The quantitative estimate of drug-likeness (QED) is 0.364. The van der Waals surface area contributed by atoms with Gasteiger partial charge in [-0.05, 0) is 47.2 Å². The Labute approximate surface area is 177 Å². The minimum Gasteiger partial charge on any atom is -0.486 e. The maximum atomic E-state index is 9.34. The van der Waals surface area contributed by atoms with Gasteiger partial charge in [0.25, 0.3) is 5.89 Å². The van der Waals surface area contributed by atoms with Crippen molar-refractivity contribution >= 4 is 16.7 Å². The van der Waals surface area contributed by atoms with Crippen molar-refractivity contribution in [3.8, 4) is 23.5 Å². The van der Waals surface area contributed by atoms with Crippen LogP contribution >= 0.6 is 0 Å². The summed E-state index contributed by atoms with van der Waals surface area (Å²) in [5.41, 5.74) is 0.145. The minimum atomic E-state index is 0.145. The Bertz CT molecular complexity index is 1360. The van der Waals surface area contributed by atoms with Gasteiger partial charge in [0, 0.05) is 0 Å². The standard InChI is InChI=1S/C24H17N3O4/c25-13-21-23(26-14-19-6-3-11-28-19)31-24(27-21)22-10-9-20(30-22)15-29-18-8-7-16-4-1-2-5-17(16)12-18/h1-12,26H,14-15H2. The molecule has 0 unspecified atom stereocenters. The van der Waals surface area contributed by atoms with Crippen LogP contribution < -0.4 is 10.1 Å². The second kappa shape index (κ2) is 8.13. The molecule has 1 N–H and O–H groups in total. The van der Waals surface area contributed by atoms with E-state index in [-0.39, 0.29) is 24.1 Å². The maximum Gasteiger partial charge on any atom is 0.266 e. The van der Waals surface area contributed by atoms with Crippen LogP contribution in [0.15, 0.2) is 86.2 Å². The van der Waals surface area contributed by atoms with Gasteiger partial charge in [-0.1, -0.05) is 30.3 Å². The molecule has 0 amide bonds. The minimum absolute atomic E-state index is 0.145. The van der Waals surface area contributed by atoms with E-state index < -0.39 is 0 Å². The molecule has 2 aromatic carbocycles. The number of benzene rings is 2. The number of nitriles is 1. The van der Waals surface area contributed by atoms with Crippen LogP contribution in [0.4, 0.5) is 5.88 Å². The number of hydrogen-bond donors (Lipinski definition) is 1. The fourth-order valence-corrected chi connectivity index (χ4v) is 3.18. The van der Waals surface area contributed by atoms with Crippen molar-refractivity contribution in [1.29, 1.82) is 5.26 Å². The van der Waals surface area contributed by atoms with E-state index in [4.69, 9.17) is 18.0 Å². The first-order valence-corrected chi connectivity index (χ1v) is 9.66. The third-order valence-electron chi connectivity index (χ3n) is 4.71. The monoisotopic (exact) mass is 411 g/mol. The Morgan fingerprint density at radius 1 is 0.935 bits per heavy atom. The molecule has 31 heavy (non-hydrogen) atoms. The summed E-state index contributed by atoms with van der Waals surface area (Å²) in [4.78, 5) is 4.21. The first kappa shape index (κ1) is 18.6. The molecule has 0 bridgehead atoms. The van der Waals surface area contributed by atoms with Gasteiger partial charge in [0.15, 0.2) is 5.76 Å². The molecule has 5 rings (SSSR count). The van der Waals surface area contributed by atoms with Crippen LogP contribution in [0.1, 0.15) is 17.2 Å². The Morgan fingerprint density at radius 3 is 2.68 bits per heavy atom. The molecular weight excluding hydrogens is 394 g/mol. The summed E-state index contributed by atoms with van der Waals surface area (Å²) in [7, 11) is 0. The summed E-state index contributed by atoms with van der Waals surface area (Å²) in [6.45, 7) is 0.632. The number of nitrogens with one attached hydrogen (secondary N) is 1. The smallest absolute Gasteiger partial charge is 0.266 e. The van der Waals surface area contributed by atoms with Gasteiger partial charge in [0.05, 0.1) is 12.8 Å². The number of oxazole rings is 1. The van der Waals surface area contributed by atoms with Crippen molar-refractivity contribution in [2.75, 3.05) is 5.32 Å². The molecule has 5 aromatic rings. The number of fused-ring (bicyclic) bond motifs is 1. The van der Waals surface area contributed by atoms with E-state index in [0.717, 1.165) is 16.5 Å². The van der Waals surface area contributed by atoms with Gasteiger partial charge < -0.3 is 23.3 Å². The van der Waals surface area contributed by atoms with Crippen LogP contribution in [0, 0.1) is 11.3 Å². The molecule has 7 heteroatoms. The number of ether oxygens (including phenoxy) is 1. The number of rotatable bonds is 7. The van der Waals surface area contributed by atoms with Crippen molar-refractivity contribution < 1.29 is 18.0 Å². The maximum absolute atomic E-state index is 9.34. The zero-order chi connectivity index (χ0) is 21.0. The van der Waals surface area contributed by atoms with Gasteiger partial charge in [-0.2, -0.15) is 10.2 Å². The summed E-state index contributed by atoms with van der Waals surface area (Å²) >= 11 is 0. The van der Waals surface area contributed by atoms with Gasteiger partial charge in [-0.3, -0.25) is 0 Å². The molecule has 7 nitrogen and oxygen atoms in total. The van der Waals surface area contributed by atoms with Gasteiger partial charge in [0.2, 0.25) is 11.6 Å². The lowest BCUT2D eigenvalue weighted by Crippen LogP contribution is -1.98. The van der Waals surface area contributed by atoms with Crippen molar-refractivity contribution in [2.24, 2.45) is 0 Å². The Balaban J connectivity index is 1.28. The first-order chi connectivity index (χ1) is 15.3. The fourth-order valence-electron chi connectivity index (χ4n) is 3.18. The highest BCUT2D eigenvalue weighted by Gasteiger charge is 2.17. The fraction of sp³-hybridized carbons (Fsp3) is 0.0833. The largest absolute Gasteiger partial charge is 0.486 e. The number of furan rings is 2. The molecule has 0 aliphatic carbocycles. The van der Waals surface area contributed by atoms with Crippen molar-refractivity contribution in [1.82, 2.24) is 4.98 Å². The van der Waals surface area contributed by atoms with Gasteiger partial charge in [0.1, 0.15) is 29.9 Å². The highest BCUT2D eigenvalue weighted by atomic mass is 16.5. The zero-order valence-corrected chi connectivity index (χ0v) is 16.4. The van der Waals surface area contributed by atoms with Crippen LogP contribution in [0.5, 0.6) is 5.75 Å². The SMILES string of the molecule is N#Cc1nc(-c2ccc(COc3ccc4ccccc4c3)o2)oc1NCc1ccco1. The summed E-state index contributed by atoms with van der Waals surface area (Å²) < 4.78 is 22.6. The third-order valence-corrected chi connectivity index (χ3v) is 4.71. The third kappa shape index (κ3) is 4.00. The number of hydrogen-bond acceptors (Lipinski definition) is 7. The molecule has 0 spiro atoms. The normalized spacial score (nSPS) is 10.8. The van der Waals surface area contributed by atoms with E-state index >= 15 is 0 Å². The zero-order valence-electron chi connectivity index (χ0n) is 16.4. The van der Waals surface area contributed by atoms with Crippen LogP contribution in [0.25, 0.3) is 22.4 Å². The molecule has 3 heterocycles. The van der Waals surface area contributed by atoms with E-state index in [9.17, 15) is 5.26 Å². The van der Waals surface area contributed by atoms with E-state index in [1.807, 2.05) is 48.5 Å². The predicted octanol–water partition coefficient (Wildman–Crippen LogP) is 5.74. The molecule has 0 radical (unpaired) electrons. The van der Waals surface area contributed by atoms with Crippen molar-refractivity contribution in [3.63, 3.8) is 0 Å². The van der Waals surface area contributed by atoms with Gasteiger partial charge in [-0.25, -0.2) is 0 Å². The lowest BCUT2D eigenvalue weighted by atomic mass is 10.1. The van der Waals surface area contributed by atoms with E-state index in [1.165, 1.54) is 0 Å². The Kier molecular flexibility index (Phi) is 4.87. The average molecular weight is 411 g/mol. The molecule has 0 fully saturated rings. The van der Waals surface area contributed by atoms with Crippen LogP contribution in [-0.2, 0) is 13.2 Å².